The van der Waals surface area contributed by atoms with Crippen molar-refractivity contribution < 1.29 is 4.74 Å². The van der Waals surface area contributed by atoms with Crippen molar-refractivity contribution in [2.45, 2.75) is 0 Å². The zero-order valence-electron chi connectivity index (χ0n) is 22.5. The SMILES string of the molecule is N#Cc1ccc(-c2cc(-c3cccc4ccccc34)c3cccc(N4c5ccccc5Oc5ccccc54)c3n2)cc1. The van der Waals surface area contributed by atoms with Crippen molar-refractivity contribution in [3.63, 3.8) is 0 Å². The normalized spacial score (nSPS) is 11.9. The number of fused-ring (bicyclic) bond motifs is 4. The Morgan fingerprint density at radius 1 is 0.571 bits per heavy atom. The van der Waals surface area contributed by atoms with Gasteiger partial charge in [0.2, 0.25) is 0 Å². The maximum Gasteiger partial charge on any atom is 0.151 e. The fourth-order valence-electron chi connectivity index (χ4n) is 5.92. The van der Waals surface area contributed by atoms with Crippen LogP contribution in [0.5, 0.6) is 11.5 Å². The van der Waals surface area contributed by atoms with E-state index in [0.717, 1.165) is 61.8 Å². The summed E-state index contributed by atoms with van der Waals surface area (Å²) in [6, 6.07) is 49.6. The molecular weight excluding hydrogens is 514 g/mol. The molecule has 0 atom stereocenters. The van der Waals surface area contributed by atoms with Gasteiger partial charge in [0.1, 0.15) is 0 Å². The lowest BCUT2D eigenvalue weighted by Gasteiger charge is -2.33. The molecule has 0 amide bonds. The predicted molar refractivity (Wildman–Crippen MR) is 170 cm³/mol. The van der Waals surface area contributed by atoms with Crippen LogP contribution >= 0.6 is 0 Å². The van der Waals surface area contributed by atoms with Crippen molar-refractivity contribution in [1.82, 2.24) is 4.98 Å². The van der Waals surface area contributed by atoms with Crippen LogP contribution in [0.15, 0.2) is 140 Å². The Kier molecular flexibility index (Phi) is 5.48. The first-order valence-electron chi connectivity index (χ1n) is 13.9. The summed E-state index contributed by atoms with van der Waals surface area (Å²) in [7, 11) is 0. The van der Waals surface area contributed by atoms with Gasteiger partial charge in [-0.15, -0.1) is 0 Å². The van der Waals surface area contributed by atoms with Gasteiger partial charge in [-0.3, -0.25) is 0 Å². The highest BCUT2D eigenvalue weighted by Crippen LogP contribution is 2.52. The summed E-state index contributed by atoms with van der Waals surface area (Å²) < 4.78 is 6.31. The van der Waals surface area contributed by atoms with Crippen LogP contribution in [0.3, 0.4) is 0 Å². The summed E-state index contributed by atoms with van der Waals surface area (Å²) >= 11 is 0. The Morgan fingerprint density at radius 2 is 1.19 bits per heavy atom. The van der Waals surface area contributed by atoms with Crippen LogP contribution in [0, 0.1) is 11.3 Å². The van der Waals surface area contributed by atoms with E-state index in [-0.39, 0.29) is 0 Å². The van der Waals surface area contributed by atoms with Crippen molar-refractivity contribution in [3.05, 3.63) is 145 Å². The Morgan fingerprint density at radius 3 is 1.95 bits per heavy atom. The smallest absolute Gasteiger partial charge is 0.151 e. The molecule has 0 saturated carbocycles. The highest BCUT2D eigenvalue weighted by atomic mass is 16.5. The van der Waals surface area contributed by atoms with E-state index in [1.165, 1.54) is 10.8 Å². The van der Waals surface area contributed by atoms with Gasteiger partial charge in [0.15, 0.2) is 11.5 Å². The number of hydrogen-bond acceptors (Lipinski definition) is 4. The third-order valence-electron chi connectivity index (χ3n) is 7.88. The number of para-hydroxylation sites is 5. The molecule has 42 heavy (non-hydrogen) atoms. The molecule has 0 radical (unpaired) electrons. The second kappa shape index (κ2) is 9.62. The number of nitrogens with zero attached hydrogens (tertiary/aromatic N) is 3. The van der Waals surface area contributed by atoms with E-state index >= 15 is 0 Å². The summed E-state index contributed by atoms with van der Waals surface area (Å²) in [5.41, 5.74) is 8.44. The second-order valence-corrected chi connectivity index (χ2v) is 10.3. The minimum Gasteiger partial charge on any atom is -0.453 e. The Labute approximate surface area is 243 Å². The van der Waals surface area contributed by atoms with Crippen molar-refractivity contribution in [2.24, 2.45) is 0 Å². The number of anilines is 3. The molecule has 0 spiro atoms. The first kappa shape index (κ1) is 23.9. The van der Waals surface area contributed by atoms with E-state index in [0.29, 0.717) is 5.56 Å². The zero-order valence-corrected chi connectivity index (χ0v) is 22.5. The van der Waals surface area contributed by atoms with Crippen molar-refractivity contribution in [1.29, 1.82) is 5.26 Å². The first-order chi connectivity index (χ1) is 20.8. The van der Waals surface area contributed by atoms with E-state index in [2.05, 4.69) is 89.8 Å². The van der Waals surface area contributed by atoms with Crippen molar-refractivity contribution in [2.75, 3.05) is 4.90 Å². The van der Waals surface area contributed by atoms with E-state index < -0.39 is 0 Å². The van der Waals surface area contributed by atoms with Gasteiger partial charge >= 0.3 is 0 Å². The molecule has 1 aromatic heterocycles. The molecule has 0 unspecified atom stereocenters. The number of aromatic nitrogens is 1. The lowest BCUT2D eigenvalue weighted by molar-refractivity contribution is 0.477. The largest absolute Gasteiger partial charge is 0.453 e. The van der Waals surface area contributed by atoms with Crippen LogP contribution in [-0.2, 0) is 0 Å². The van der Waals surface area contributed by atoms with Crippen LogP contribution in [0.4, 0.5) is 17.1 Å². The van der Waals surface area contributed by atoms with E-state index in [4.69, 9.17) is 9.72 Å². The number of hydrogen-bond donors (Lipinski definition) is 0. The number of ether oxygens (including phenoxy) is 1. The molecule has 1 aliphatic rings. The molecule has 8 rings (SSSR count). The molecule has 7 aromatic rings. The highest BCUT2D eigenvalue weighted by molar-refractivity contribution is 6.10. The summed E-state index contributed by atoms with van der Waals surface area (Å²) in [5, 5.41) is 12.8. The molecule has 4 nitrogen and oxygen atoms in total. The van der Waals surface area contributed by atoms with Crippen LogP contribution in [0.25, 0.3) is 44.1 Å². The fraction of sp³-hybridized carbons (Fsp3) is 0. The zero-order chi connectivity index (χ0) is 28.0. The predicted octanol–water partition coefficient (Wildman–Crippen LogP) is 10.2. The molecule has 1 aliphatic heterocycles. The van der Waals surface area contributed by atoms with Gasteiger partial charge in [0, 0.05) is 10.9 Å². The Hall–Kier alpha value is -5.92. The fourth-order valence-corrected chi connectivity index (χ4v) is 5.92. The van der Waals surface area contributed by atoms with Crippen LogP contribution in [0.2, 0.25) is 0 Å². The van der Waals surface area contributed by atoms with E-state index in [1.807, 2.05) is 60.7 Å². The lowest BCUT2D eigenvalue weighted by Crippen LogP contribution is -2.16. The molecule has 0 fully saturated rings. The van der Waals surface area contributed by atoms with Gasteiger partial charge in [-0.05, 0) is 70.4 Å². The first-order valence-corrected chi connectivity index (χ1v) is 13.9. The van der Waals surface area contributed by atoms with Crippen molar-refractivity contribution in [3.8, 4) is 40.0 Å². The van der Waals surface area contributed by atoms with Gasteiger partial charge in [0.05, 0.1) is 39.9 Å². The molecule has 2 heterocycles. The summed E-state index contributed by atoms with van der Waals surface area (Å²) in [6.45, 7) is 0. The number of nitriles is 1. The van der Waals surface area contributed by atoms with Gasteiger partial charge < -0.3 is 9.64 Å². The van der Waals surface area contributed by atoms with E-state index in [1.54, 1.807) is 0 Å². The second-order valence-electron chi connectivity index (χ2n) is 10.3. The third-order valence-corrected chi connectivity index (χ3v) is 7.88. The average molecular weight is 538 g/mol. The van der Waals surface area contributed by atoms with Gasteiger partial charge in [-0.2, -0.15) is 5.26 Å². The molecule has 0 N–H and O–H groups in total. The third kappa shape index (κ3) is 3.80. The summed E-state index contributed by atoms with van der Waals surface area (Å²) in [5.74, 6) is 1.59. The van der Waals surface area contributed by atoms with Crippen LogP contribution < -0.4 is 9.64 Å². The van der Waals surface area contributed by atoms with Gasteiger partial charge in [0.25, 0.3) is 0 Å². The number of pyridine rings is 1. The maximum absolute atomic E-state index is 9.39. The monoisotopic (exact) mass is 537 g/mol. The quantitative estimate of drug-likeness (QED) is 0.225. The van der Waals surface area contributed by atoms with E-state index in [9.17, 15) is 5.26 Å². The Bertz CT molecular complexity index is 2140. The molecular formula is C38H23N3O. The minimum absolute atomic E-state index is 0.621. The maximum atomic E-state index is 9.39. The Balaban J connectivity index is 1.46. The number of rotatable bonds is 3. The molecule has 6 aromatic carbocycles. The van der Waals surface area contributed by atoms with Crippen molar-refractivity contribution >= 4 is 38.7 Å². The van der Waals surface area contributed by atoms with Gasteiger partial charge in [-0.25, -0.2) is 4.98 Å². The lowest BCUT2D eigenvalue weighted by atomic mass is 9.93. The molecule has 0 bridgehead atoms. The number of benzene rings is 6. The van der Waals surface area contributed by atoms with Crippen LogP contribution in [0.1, 0.15) is 5.56 Å². The molecule has 196 valence electrons. The summed E-state index contributed by atoms with van der Waals surface area (Å²) in [4.78, 5) is 7.57. The minimum atomic E-state index is 0.621. The average Bonchev–Trinajstić information content (AvgIpc) is 3.06. The molecule has 0 saturated heterocycles. The molecule has 0 aliphatic carbocycles. The topological polar surface area (TPSA) is 49.2 Å². The van der Waals surface area contributed by atoms with Gasteiger partial charge in [-0.1, -0.05) is 91.0 Å². The standard InChI is InChI=1S/C38H23N3O/c39-24-25-19-21-27(22-20-25)32-23-31(29-12-7-10-26-9-1-2-11-28(26)29)30-13-8-16-35(38(30)40-32)41-33-14-3-5-17-36(33)42-37-18-6-4-15-34(37)41/h1-23H. The summed E-state index contributed by atoms with van der Waals surface area (Å²) in [6.07, 6.45) is 0. The molecule has 4 heteroatoms. The highest BCUT2D eigenvalue weighted by Gasteiger charge is 2.27. The van der Waals surface area contributed by atoms with Crippen LogP contribution in [-0.4, -0.2) is 4.98 Å².